The van der Waals surface area contributed by atoms with E-state index in [-0.39, 0.29) is 5.91 Å². The Morgan fingerprint density at radius 2 is 1.91 bits per heavy atom. The van der Waals surface area contributed by atoms with Crippen molar-refractivity contribution in [3.8, 4) is 0 Å². The zero-order valence-corrected chi connectivity index (χ0v) is 13.7. The van der Waals surface area contributed by atoms with Gasteiger partial charge in [-0.3, -0.25) is 10.1 Å². The molecular weight excluding hydrogens is 278 g/mol. The lowest BCUT2D eigenvalue weighted by molar-refractivity contribution is -0.898. The Labute approximate surface area is 132 Å². The molecule has 3 N–H and O–H groups in total. The smallest absolute Gasteiger partial charge is 0.326 e. The number of hydrogen-bond donors (Lipinski definition) is 3. The molecule has 3 amide bonds. The van der Waals surface area contributed by atoms with Gasteiger partial charge in [0.1, 0.15) is 0 Å². The molecule has 0 spiro atoms. The Morgan fingerprint density at radius 1 is 1.23 bits per heavy atom. The molecule has 1 fully saturated rings. The van der Waals surface area contributed by atoms with E-state index in [1.165, 1.54) is 4.90 Å². The molecule has 0 aliphatic carbocycles. The molecular formula is C17H26N3O2+. The minimum absolute atomic E-state index is 0.215. The lowest BCUT2D eigenvalue weighted by atomic mass is 9.99. The summed E-state index contributed by atoms with van der Waals surface area (Å²) in [5.41, 5.74) is 2.86. The molecule has 0 radical (unpaired) electrons. The molecule has 0 unspecified atom stereocenters. The third kappa shape index (κ3) is 4.56. The van der Waals surface area contributed by atoms with E-state index in [4.69, 9.17) is 0 Å². The van der Waals surface area contributed by atoms with E-state index in [2.05, 4.69) is 17.6 Å². The monoisotopic (exact) mass is 304 g/mol. The van der Waals surface area contributed by atoms with Gasteiger partial charge in [-0.15, -0.1) is 0 Å². The fourth-order valence-electron chi connectivity index (χ4n) is 2.79. The van der Waals surface area contributed by atoms with Gasteiger partial charge in [0.25, 0.3) is 5.91 Å². The van der Waals surface area contributed by atoms with Gasteiger partial charge < -0.3 is 10.2 Å². The van der Waals surface area contributed by atoms with E-state index in [0.29, 0.717) is 6.54 Å². The van der Waals surface area contributed by atoms with Crippen LogP contribution < -0.4 is 15.5 Å². The highest BCUT2D eigenvalue weighted by atomic mass is 16.2. The van der Waals surface area contributed by atoms with Gasteiger partial charge in [-0.2, -0.15) is 0 Å². The fourth-order valence-corrected chi connectivity index (χ4v) is 2.79. The number of imide groups is 1. The van der Waals surface area contributed by atoms with Gasteiger partial charge in [-0.25, -0.2) is 4.79 Å². The number of rotatable bonds is 3. The Morgan fingerprint density at radius 3 is 2.59 bits per heavy atom. The minimum Gasteiger partial charge on any atom is -0.327 e. The van der Waals surface area contributed by atoms with Crippen LogP contribution in [0.3, 0.4) is 0 Å². The van der Waals surface area contributed by atoms with Crippen molar-refractivity contribution in [1.29, 1.82) is 0 Å². The number of hydrogen-bond acceptors (Lipinski definition) is 2. The first-order valence-electron chi connectivity index (χ1n) is 7.96. The summed E-state index contributed by atoms with van der Waals surface area (Å²) in [6.45, 7) is 8.57. The molecule has 120 valence electrons. The number of amides is 3. The van der Waals surface area contributed by atoms with E-state index >= 15 is 0 Å². The van der Waals surface area contributed by atoms with E-state index in [0.717, 1.165) is 48.7 Å². The molecule has 0 bridgehead atoms. The Balaban J connectivity index is 1.81. The zero-order chi connectivity index (χ0) is 16.1. The van der Waals surface area contributed by atoms with Crippen LogP contribution in [0.25, 0.3) is 0 Å². The highest BCUT2D eigenvalue weighted by Crippen LogP contribution is 2.17. The van der Waals surface area contributed by atoms with Gasteiger partial charge in [0.2, 0.25) is 0 Å². The van der Waals surface area contributed by atoms with Crippen molar-refractivity contribution in [1.82, 2.24) is 5.32 Å². The van der Waals surface area contributed by atoms with Gasteiger partial charge in [-0.05, 0) is 49.8 Å². The molecule has 1 heterocycles. The molecule has 0 aromatic heterocycles. The van der Waals surface area contributed by atoms with Gasteiger partial charge >= 0.3 is 6.03 Å². The maximum absolute atomic E-state index is 12.0. The van der Waals surface area contributed by atoms with Gasteiger partial charge in [0.05, 0.1) is 13.1 Å². The number of anilines is 1. The van der Waals surface area contributed by atoms with E-state index in [9.17, 15) is 9.59 Å². The van der Waals surface area contributed by atoms with Crippen LogP contribution >= 0.6 is 0 Å². The van der Waals surface area contributed by atoms with Gasteiger partial charge in [-0.1, -0.05) is 19.1 Å². The topological polar surface area (TPSA) is 62.6 Å². The molecule has 5 nitrogen and oxygen atoms in total. The number of carbonyl (C=O) groups is 2. The summed E-state index contributed by atoms with van der Waals surface area (Å²) in [5.74, 6) is 0.534. The van der Waals surface area contributed by atoms with Gasteiger partial charge in [0, 0.05) is 5.69 Å². The molecule has 1 aromatic rings. The molecule has 1 aliphatic heterocycles. The summed E-state index contributed by atoms with van der Waals surface area (Å²) in [6, 6.07) is 5.26. The number of quaternary nitrogens is 1. The Kier molecular flexibility index (Phi) is 5.55. The third-order valence-corrected chi connectivity index (χ3v) is 4.50. The lowest BCUT2D eigenvalue weighted by Crippen LogP contribution is -3.14. The molecule has 0 atom stereocenters. The van der Waals surface area contributed by atoms with Crippen LogP contribution in [0.5, 0.6) is 0 Å². The van der Waals surface area contributed by atoms with E-state index in [1.807, 2.05) is 32.0 Å². The average molecular weight is 304 g/mol. The third-order valence-electron chi connectivity index (χ3n) is 4.50. The molecule has 1 saturated heterocycles. The number of benzene rings is 1. The van der Waals surface area contributed by atoms with E-state index in [1.54, 1.807) is 0 Å². The normalized spacial score (nSPS) is 21.2. The van der Waals surface area contributed by atoms with Crippen LogP contribution in [0.4, 0.5) is 10.5 Å². The van der Waals surface area contributed by atoms with Crippen LogP contribution in [0.2, 0.25) is 0 Å². The predicted octanol–water partition coefficient (Wildman–Crippen LogP) is 1.27. The number of urea groups is 1. The van der Waals surface area contributed by atoms with Crippen LogP contribution in [0.15, 0.2) is 18.2 Å². The van der Waals surface area contributed by atoms with Crippen molar-refractivity contribution in [2.75, 3.05) is 25.0 Å². The lowest BCUT2D eigenvalue weighted by Gasteiger charge is -2.26. The van der Waals surface area contributed by atoms with Gasteiger partial charge in [0.15, 0.2) is 6.54 Å². The maximum Gasteiger partial charge on any atom is 0.326 e. The summed E-state index contributed by atoms with van der Waals surface area (Å²) in [7, 11) is 0. The second-order valence-electron chi connectivity index (χ2n) is 6.36. The first kappa shape index (κ1) is 16.5. The Hall–Kier alpha value is -1.88. The van der Waals surface area contributed by atoms with Crippen molar-refractivity contribution in [2.24, 2.45) is 5.92 Å². The summed E-state index contributed by atoms with van der Waals surface area (Å²) in [6.07, 6.45) is 2.30. The predicted molar refractivity (Wildman–Crippen MR) is 87.0 cm³/mol. The molecule has 22 heavy (non-hydrogen) atoms. The van der Waals surface area contributed by atoms with Crippen LogP contribution in [0.1, 0.15) is 30.9 Å². The van der Waals surface area contributed by atoms with Crippen molar-refractivity contribution < 1.29 is 14.5 Å². The number of carbonyl (C=O) groups excluding carboxylic acids is 2. The van der Waals surface area contributed by atoms with Crippen molar-refractivity contribution in [2.45, 2.75) is 33.6 Å². The van der Waals surface area contributed by atoms with Crippen LogP contribution in [-0.4, -0.2) is 31.6 Å². The zero-order valence-electron chi connectivity index (χ0n) is 13.7. The Bertz CT molecular complexity index is 549. The molecule has 1 aromatic carbocycles. The summed E-state index contributed by atoms with van der Waals surface area (Å²) < 4.78 is 0. The van der Waals surface area contributed by atoms with E-state index < -0.39 is 6.03 Å². The quantitative estimate of drug-likeness (QED) is 0.787. The van der Waals surface area contributed by atoms with Crippen LogP contribution in [-0.2, 0) is 4.79 Å². The number of likely N-dealkylation sites (tertiary alicyclic amines) is 1. The summed E-state index contributed by atoms with van der Waals surface area (Å²) >= 11 is 0. The number of aryl methyl sites for hydroxylation is 1. The van der Waals surface area contributed by atoms with Crippen molar-refractivity contribution in [3.05, 3.63) is 29.3 Å². The van der Waals surface area contributed by atoms with Crippen molar-refractivity contribution in [3.63, 3.8) is 0 Å². The first-order valence-corrected chi connectivity index (χ1v) is 7.96. The largest absolute Gasteiger partial charge is 0.327 e. The molecule has 1 aliphatic rings. The molecule has 2 rings (SSSR count). The fraction of sp³-hybridized carbons (Fsp3) is 0.529. The second-order valence-corrected chi connectivity index (χ2v) is 6.36. The second kappa shape index (κ2) is 7.40. The average Bonchev–Trinajstić information content (AvgIpc) is 2.46. The van der Waals surface area contributed by atoms with Crippen LogP contribution in [0, 0.1) is 19.8 Å². The number of piperidine rings is 1. The minimum atomic E-state index is -0.455. The highest BCUT2D eigenvalue weighted by Gasteiger charge is 2.22. The maximum atomic E-state index is 12.0. The standard InChI is InChI=1S/C17H25N3O2/c1-12-7-9-20(10-8-12)11-16(21)19-17(22)18-15-6-4-5-13(2)14(15)3/h4-6,12H,7-11H2,1-3H3,(H2,18,19,21,22)/p+1. The summed E-state index contributed by atoms with van der Waals surface area (Å²) in [5, 5.41) is 5.17. The molecule has 0 saturated carbocycles. The number of nitrogens with one attached hydrogen (secondary N) is 3. The first-order chi connectivity index (χ1) is 10.5. The highest BCUT2D eigenvalue weighted by molar-refractivity contribution is 6.01. The molecule has 5 heteroatoms. The summed E-state index contributed by atoms with van der Waals surface area (Å²) in [4.78, 5) is 25.1. The van der Waals surface area contributed by atoms with Crippen molar-refractivity contribution >= 4 is 17.6 Å². The SMILES string of the molecule is Cc1cccc(NC(=O)NC(=O)C[NH+]2CCC(C)CC2)c1C.